The maximum atomic E-state index is 12.5. The first-order chi connectivity index (χ1) is 12.7. The Balaban J connectivity index is 1.49. The van der Waals surface area contributed by atoms with Crippen LogP contribution >= 0.6 is 11.6 Å². The number of rotatable bonds is 3. The normalized spacial score (nSPS) is 14.4. The van der Waals surface area contributed by atoms with Crippen molar-refractivity contribution in [2.75, 3.05) is 36.5 Å². The van der Waals surface area contributed by atoms with Crippen LogP contribution in [0, 0.1) is 0 Å². The standard InChI is InChI=1S/C20H18ClN3O2/c21-16-5-1-14-4-8-19(22-18(14)13-16)23-20(25)15-2-6-17(7-3-15)24-9-11-26-12-10-24/h1-8,13H,9-12H2,(H,22,23,25). The molecule has 1 aliphatic rings. The minimum absolute atomic E-state index is 0.188. The molecule has 0 aliphatic carbocycles. The van der Waals surface area contributed by atoms with Crippen LogP contribution in [0.5, 0.6) is 0 Å². The van der Waals surface area contributed by atoms with E-state index >= 15 is 0 Å². The summed E-state index contributed by atoms with van der Waals surface area (Å²) in [6.45, 7) is 3.21. The lowest BCUT2D eigenvalue weighted by atomic mass is 10.1. The number of amides is 1. The van der Waals surface area contributed by atoms with Gasteiger partial charge in [0.1, 0.15) is 5.82 Å². The van der Waals surface area contributed by atoms with Crippen molar-refractivity contribution >= 4 is 39.9 Å². The third kappa shape index (κ3) is 3.64. The van der Waals surface area contributed by atoms with E-state index < -0.39 is 0 Å². The van der Waals surface area contributed by atoms with Gasteiger partial charge in [-0.25, -0.2) is 4.98 Å². The van der Waals surface area contributed by atoms with Crippen LogP contribution in [-0.4, -0.2) is 37.2 Å². The van der Waals surface area contributed by atoms with Crippen LogP contribution in [-0.2, 0) is 4.74 Å². The molecule has 1 saturated heterocycles. The fourth-order valence-electron chi connectivity index (χ4n) is 2.99. The Labute approximate surface area is 156 Å². The predicted octanol–water partition coefficient (Wildman–Crippen LogP) is 3.98. The number of benzene rings is 2. The summed E-state index contributed by atoms with van der Waals surface area (Å²) in [6, 6.07) is 16.8. The molecule has 0 bridgehead atoms. The number of fused-ring (bicyclic) bond motifs is 1. The predicted molar refractivity (Wildman–Crippen MR) is 104 cm³/mol. The van der Waals surface area contributed by atoms with Gasteiger partial charge in [-0.1, -0.05) is 17.7 Å². The van der Waals surface area contributed by atoms with Crippen molar-refractivity contribution in [3.63, 3.8) is 0 Å². The number of carbonyl (C=O) groups is 1. The van der Waals surface area contributed by atoms with Crippen LogP contribution in [0.25, 0.3) is 10.9 Å². The molecule has 0 spiro atoms. The third-order valence-electron chi connectivity index (χ3n) is 4.40. The minimum Gasteiger partial charge on any atom is -0.378 e. The van der Waals surface area contributed by atoms with Crippen LogP contribution in [0.3, 0.4) is 0 Å². The highest BCUT2D eigenvalue weighted by atomic mass is 35.5. The molecule has 5 nitrogen and oxygen atoms in total. The maximum absolute atomic E-state index is 12.5. The molecule has 0 saturated carbocycles. The number of hydrogen-bond donors (Lipinski definition) is 1. The second-order valence-corrected chi connectivity index (χ2v) is 6.57. The highest BCUT2D eigenvalue weighted by Gasteiger charge is 2.12. The molecule has 4 rings (SSSR count). The van der Waals surface area contributed by atoms with Gasteiger partial charge in [-0.3, -0.25) is 4.79 Å². The van der Waals surface area contributed by atoms with Crippen molar-refractivity contribution in [1.29, 1.82) is 0 Å². The number of carbonyl (C=O) groups excluding carboxylic acids is 1. The summed E-state index contributed by atoms with van der Waals surface area (Å²) >= 11 is 6.01. The van der Waals surface area contributed by atoms with Gasteiger partial charge in [-0.05, 0) is 48.5 Å². The van der Waals surface area contributed by atoms with Crippen LogP contribution in [0.1, 0.15) is 10.4 Å². The van der Waals surface area contributed by atoms with Gasteiger partial charge in [0.25, 0.3) is 5.91 Å². The molecule has 132 valence electrons. The molecule has 26 heavy (non-hydrogen) atoms. The highest BCUT2D eigenvalue weighted by Crippen LogP contribution is 2.21. The Morgan fingerprint density at radius 3 is 2.54 bits per heavy atom. The van der Waals surface area contributed by atoms with Gasteiger partial charge in [0, 0.05) is 34.7 Å². The number of anilines is 2. The molecule has 1 amide bonds. The van der Waals surface area contributed by atoms with E-state index in [0.717, 1.165) is 42.9 Å². The van der Waals surface area contributed by atoms with Crippen LogP contribution < -0.4 is 10.2 Å². The number of hydrogen-bond acceptors (Lipinski definition) is 4. The molecular formula is C20H18ClN3O2. The fourth-order valence-corrected chi connectivity index (χ4v) is 3.16. The Morgan fingerprint density at radius 1 is 1.04 bits per heavy atom. The Bertz CT molecular complexity index is 937. The van der Waals surface area contributed by atoms with Gasteiger partial charge < -0.3 is 15.0 Å². The molecule has 1 aromatic heterocycles. The second kappa shape index (κ2) is 7.32. The largest absolute Gasteiger partial charge is 0.378 e. The van der Waals surface area contributed by atoms with Gasteiger partial charge in [0.2, 0.25) is 0 Å². The van der Waals surface area contributed by atoms with E-state index in [1.807, 2.05) is 42.5 Å². The van der Waals surface area contributed by atoms with Gasteiger partial charge in [-0.15, -0.1) is 0 Å². The fraction of sp³-hybridized carbons (Fsp3) is 0.200. The lowest BCUT2D eigenvalue weighted by Crippen LogP contribution is -2.36. The zero-order chi connectivity index (χ0) is 17.9. The van der Waals surface area contributed by atoms with Gasteiger partial charge >= 0.3 is 0 Å². The van der Waals surface area contributed by atoms with E-state index in [4.69, 9.17) is 16.3 Å². The van der Waals surface area contributed by atoms with Crippen LogP contribution in [0.2, 0.25) is 5.02 Å². The Kier molecular flexibility index (Phi) is 4.73. The zero-order valence-electron chi connectivity index (χ0n) is 14.1. The Morgan fingerprint density at radius 2 is 1.77 bits per heavy atom. The van der Waals surface area contributed by atoms with E-state index in [0.29, 0.717) is 16.4 Å². The van der Waals surface area contributed by atoms with Crippen LogP contribution in [0.4, 0.5) is 11.5 Å². The third-order valence-corrected chi connectivity index (χ3v) is 4.64. The smallest absolute Gasteiger partial charge is 0.256 e. The molecule has 0 radical (unpaired) electrons. The molecule has 0 atom stereocenters. The quantitative estimate of drug-likeness (QED) is 0.760. The summed E-state index contributed by atoms with van der Waals surface area (Å²) in [4.78, 5) is 19.2. The summed E-state index contributed by atoms with van der Waals surface area (Å²) in [5, 5.41) is 4.43. The molecule has 2 aromatic carbocycles. The second-order valence-electron chi connectivity index (χ2n) is 6.13. The summed E-state index contributed by atoms with van der Waals surface area (Å²) in [5.74, 6) is 0.314. The number of nitrogens with one attached hydrogen (secondary N) is 1. The average Bonchev–Trinajstić information content (AvgIpc) is 2.68. The minimum atomic E-state index is -0.188. The van der Waals surface area contributed by atoms with Crippen molar-refractivity contribution in [1.82, 2.24) is 4.98 Å². The summed E-state index contributed by atoms with van der Waals surface area (Å²) < 4.78 is 5.37. The number of morpholine rings is 1. The summed E-state index contributed by atoms with van der Waals surface area (Å²) in [6.07, 6.45) is 0. The van der Waals surface area contributed by atoms with Gasteiger partial charge in [-0.2, -0.15) is 0 Å². The monoisotopic (exact) mass is 367 g/mol. The molecule has 3 aromatic rings. The Hall–Kier alpha value is -2.63. The molecule has 1 N–H and O–H groups in total. The number of nitrogens with zero attached hydrogens (tertiary/aromatic N) is 2. The van der Waals surface area contributed by atoms with E-state index in [2.05, 4.69) is 15.2 Å². The first-order valence-electron chi connectivity index (χ1n) is 8.49. The molecule has 2 heterocycles. The van der Waals surface area contributed by atoms with Crippen molar-refractivity contribution < 1.29 is 9.53 Å². The lowest BCUT2D eigenvalue weighted by molar-refractivity contribution is 0.102. The number of pyridine rings is 1. The molecular weight excluding hydrogens is 350 g/mol. The summed E-state index contributed by atoms with van der Waals surface area (Å²) in [7, 11) is 0. The number of ether oxygens (including phenoxy) is 1. The van der Waals surface area contributed by atoms with Gasteiger partial charge in [0.15, 0.2) is 0 Å². The lowest BCUT2D eigenvalue weighted by Gasteiger charge is -2.28. The first kappa shape index (κ1) is 16.8. The SMILES string of the molecule is O=C(Nc1ccc2ccc(Cl)cc2n1)c1ccc(N2CCOCC2)cc1. The van der Waals surface area contributed by atoms with Crippen molar-refractivity contribution in [2.24, 2.45) is 0 Å². The molecule has 0 unspecified atom stereocenters. The average molecular weight is 368 g/mol. The van der Waals surface area contributed by atoms with E-state index in [1.54, 1.807) is 12.1 Å². The first-order valence-corrected chi connectivity index (χ1v) is 8.87. The maximum Gasteiger partial charge on any atom is 0.256 e. The van der Waals surface area contributed by atoms with Gasteiger partial charge in [0.05, 0.1) is 18.7 Å². The highest BCUT2D eigenvalue weighted by molar-refractivity contribution is 6.31. The van der Waals surface area contributed by atoms with Crippen molar-refractivity contribution in [3.05, 3.63) is 65.2 Å². The zero-order valence-corrected chi connectivity index (χ0v) is 14.9. The van der Waals surface area contributed by atoms with Crippen molar-refractivity contribution in [3.8, 4) is 0 Å². The van der Waals surface area contributed by atoms with E-state index in [-0.39, 0.29) is 5.91 Å². The molecule has 1 fully saturated rings. The van der Waals surface area contributed by atoms with Crippen molar-refractivity contribution in [2.45, 2.75) is 0 Å². The topological polar surface area (TPSA) is 54.5 Å². The molecule has 1 aliphatic heterocycles. The van der Waals surface area contributed by atoms with E-state index in [9.17, 15) is 4.79 Å². The van der Waals surface area contributed by atoms with E-state index in [1.165, 1.54) is 0 Å². The summed E-state index contributed by atoms with van der Waals surface area (Å²) in [5.41, 5.74) is 2.44. The van der Waals surface area contributed by atoms with Crippen LogP contribution in [0.15, 0.2) is 54.6 Å². The molecule has 6 heteroatoms. The number of halogens is 1. The number of aromatic nitrogens is 1.